The van der Waals surface area contributed by atoms with Crippen molar-refractivity contribution >= 4 is 28.3 Å². The van der Waals surface area contributed by atoms with Crippen molar-refractivity contribution in [2.24, 2.45) is 0 Å². The highest BCUT2D eigenvalue weighted by Gasteiger charge is 2.29. The van der Waals surface area contributed by atoms with E-state index in [2.05, 4.69) is 5.32 Å². The lowest BCUT2D eigenvalue weighted by Crippen LogP contribution is -2.57. The number of nitrogens with one attached hydrogen (secondary N) is 1. The Labute approximate surface area is 157 Å². The molecule has 2 rings (SSSR count). The van der Waals surface area contributed by atoms with Crippen LogP contribution in [0.4, 0.5) is 0 Å². The van der Waals surface area contributed by atoms with Crippen molar-refractivity contribution in [3.05, 3.63) is 29.8 Å². The molecule has 0 bridgehead atoms. The second kappa shape index (κ2) is 8.98. The molecule has 6 nitrogen and oxygen atoms in total. The minimum absolute atomic E-state index is 0. The van der Waals surface area contributed by atoms with Gasteiger partial charge in [-0.15, -0.1) is 12.4 Å². The highest BCUT2D eigenvalue weighted by molar-refractivity contribution is 7.89. The predicted octanol–water partition coefficient (Wildman–Crippen LogP) is 1.96. The van der Waals surface area contributed by atoms with Gasteiger partial charge in [0.2, 0.25) is 10.0 Å². The van der Waals surface area contributed by atoms with Gasteiger partial charge in [-0.05, 0) is 32.0 Å². The molecule has 1 aliphatic heterocycles. The Bertz CT molecular complexity index is 692. The second-order valence-electron chi connectivity index (χ2n) is 6.10. The maximum Gasteiger partial charge on any atom is 0.254 e. The molecule has 1 aromatic rings. The number of carbonyl (C=O) groups is 1. The molecule has 0 aromatic heterocycles. The summed E-state index contributed by atoms with van der Waals surface area (Å²) in [4.78, 5) is 14.8. The van der Waals surface area contributed by atoms with Gasteiger partial charge in [-0.1, -0.05) is 19.9 Å². The Hall–Kier alpha value is -1.15. The number of sulfonamides is 1. The Morgan fingerprint density at radius 2 is 1.92 bits per heavy atom. The molecule has 25 heavy (non-hydrogen) atoms. The van der Waals surface area contributed by atoms with Crippen LogP contribution in [0.3, 0.4) is 0 Å². The Morgan fingerprint density at radius 1 is 1.28 bits per heavy atom. The summed E-state index contributed by atoms with van der Waals surface area (Å²) < 4.78 is 26.7. The van der Waals surface area contributed by atoms with Crippen molar-refractivity contribution in [2.75, 3.05) is 26.2 Å². The van der Waals surface area contributed by atoms with Crippen LogP contribution >= 0.6 is 12.4 Å². The van der Waals surface area contributed by atoms with Crippen LogP contribution in [0.1, 0.15) is 38.1 Å². The molecule has 0 saturated carbocycles. The summed E-state index contributed by atoms with van der Waals surface area (Å²) >= 11 is 0. The van der Waals surface area contributed by atoms with E-state index in [1.807, 2.05) is 18.7 Å². The van der Waals surface area contributed by atoms with Gasteiger partial charge in [-0.3, -0.25) is 4.79 Å². The van der Waals surface area contributed by atoms with Crippen LogP contribution in [0.15, 0.2) is 29.2 Å². The summed E-state index contributed by atoms with van der Waals surface area (Å²) in [6.45, 7) is 9.84. The monoisotopic (exact) mass is 389 g/mol. The molecule has 1 aromatic carbocycles. The van der Waals surface area contributed by atoms with Crippen LogP contribution in [-0.4, -0.2) is 61.8 Å². The zero-order valence-corrected chi connectivity index (χ0v) is 16.9. The van der Waals surface area contributed by atoms with E-state index in [4.69, 9.17) is 0 Å². The van der Waals surface area contributed by atoms with E-state index < -0.39 is 10.0 Å². The van der Waals surface area contributed by atoms with Crippen LogP contribution < -0.4 is 5.32 Å². The maximum atomic E-state index is 12.8. The zero-order chi connectivity index (χ0) is 17.9. The van der Waals surface area contributed by atoms with Gasteiger partial charge in [-0.2, -0.15) is 4.31 Å². The predicted molar refractivity (Wildman–Crippen MR) is 102 cm³/mol. The molecule has 2 unspecified atom stereocenters. The summed E-state index contributed by atoms with van der Waals surface area (Å²) in [5, 5.41) is 3.34. The lowest BCUT2D eigenvalue weighted by Gasteiger charge is -2.38. The summed E-state index contributed by atoms with van der Waals surface area (Å²) in [7, 11) is -3.56. The van der Waals surface area contributed by atoms with Crippen molar-refractivity contribution in [1.82, 2.24) is 14.5 Å². The van der Waals surface area contributed by atoms with Crippen LogP contribution in [0.5, 0.6) is 0 Å². The van der Waals surface area contributed by atoms with Crippen LogP contribution in [0.2, 0.25) is 0 Å². The quantitative estimate of drug-likeness (QED) is 0.835. The lowest BCUT2D eigenvalue weighted by atomic mass is 10.1. The summed E-state index contributed by atoms with van der Waals surface area (Å²) in [6, 6.07) is 6.65. The van der Waals surface area contributed by atoms with Gasteiger partial charge in [0, 0.05) is 43.8 Å². The molecule has 142 valence electrons. The number of nitrogens with zero attached hydrogens (tertiary/aromatic N) is 2. The average molecular weight is 390 g/mol. The van der Waals surface area contributed by atoms with Crippen molar-refractivity contribution < 1.29 is 13.2 Å². The smallest absolute Gasteiger partial charge is 0.254 e. The number of hydrogen-bond acceptors (Lipinski definition) is 4. The standard InChI is InChI=1S/C17H27N3O3S.ClH/c1-5-19(6-2)24(22,23)16-9-7-8-15(12-16)17(21)20-11-10-18-13(3)14(20)4;/h7-9,12-14,18H,5-6,10-11H2,1-4H3;1H. The molecule has 0 spiro atoms. The van der Waals surface area contributed by atoms with Gasteiger partial charge >= 0.3 is 0 Å². The van der Waals surface area contributed by atoms with Crippen molar-refractivity contribution in [1.29, 1.82) is 0 Å². The van der Waals surface area contributed by atoms with E-state index in [9.17, 15) is 13.2 Å². The van der Waals surface area contributed by atoms with Crippen LogP contribution in [-0.2, 0) is 10.0 Å². The Kier molecular flexibility index (Phi) is 7.87. The molecular formula is C17H28ClN3O3S. The van der Waals surface area contributed by atoms with Crippen molar-refractivity contribution in [3.8, 4) is 0 Å². The second-order valence-corrected chi connectivity index (χ2v) is 8.04. The minimum Gasteiger partial charge on any atom is -0.333 e. The normalized spacial score (nSPS) is 21.1. The highest BCUT2D eigenvalue weighted by Crippen LogP contribution is 2.19. The molecule has 0 radical (unpaired) electrons. The number of halogens is 1. The molecule has 1 heterocycles. The van der Waals surface area contributed by atoms with E-state index in [1.54, 1.807) is 32.0 Å². The molecule has 0 aliphatic carbocycles. The van der Waals surface area contributed by atoms with Gasteiger partial charge in [-0.25, -0.2) is 8.42 Å². The molecule has 1 N–H and O–H groups in total. The van der Waals surface area contributed by atoms with E-state index in [1.165, 1.54) is 10.4 Å². The number of rotatable bonds is 5. The van der Waals surface area contributed by atoms with E-state index in [0.29, 0.717) is 25.2 Å². The van der Waals surface area contributed by atoms with Gasteiger partial charge in [0.1, 0.15) is 0 Å². The molecule has 2 atom stereocenters. The van der Waals surface area contributed by atoms with Crippen LogP contribution in [0, 0.1) is 0 Å². The maximum absolute atomic E-state index is 12.8. The number of benzene rings is 1. The molecule has 8 heteroatoms. The third-order valence-electron chi connectivity index (χ3n) is 4.72. The van der Waals surface area contributed by atoms with Crippen molar-refractivity contribution in [2.45, 2.75) is 44.7 Å². The van der Waals surface area contributed by atoms with Gasteiger partial charge in [0.25, 0.3) is 5.91 Å². The molecule has 1 aliphatic rings. The van der Waals surface area contributed by atoms with Gasteiger partial charge in [0.05, 0.1) is 4.90 Å². The zero-order valence-electron chi connectivity index (χ0n) is 15.2. The molecular weight excluding hydrogens is 362 g/mol. The SMILES string of the molecule is CCN(CC)S(=O)(=O)c1cccc(C(=O)N2CCNC(C)C2C)c1.Cl. The number of piperazine rings is 1. The molecule has 1 amide bonds. The molecule has 1 saturated heterocycles. The first-order valence-electron chi connectivity index (χ1n) is 8.47. The minimum atomic E-state index is -3.56. The topological polar surface area (TPSA) is 69.7 Å². The highest BCUT2D eigenvalue weighted by atomic mass is 35.5. The summed E-state index contributed by atoms with van der Waals surface area (Å²) in [6.07, 6.45) is 0. The van der Waals surface area contributed by atoms with E-state index >= 15 is 0 Å². The van der Waals surface area contributed by atoms with Gasteiger partial charge < -0.3 is 10.2 Å². The van der Waals surface area contributed by atoms with Crippen molar-refractivity contribution in [3.63, 3.8) is 0 Å². The first kappa shape index (κ1) is 21.9. The fourth-order valence-electron chi connectivity index (χ4n) is 3.01. The first-order valence-corrected chi connectivity index (χ1v) is 9.91. The largest absolute Gasteiger partial charge is 0.333 e. The Balaban J connectivity index is 0.00000312. The Morgan fingerprint density at radius 3 is 2.52 bits per heavy atom. The van der Waals surface area contributed by atoms with Crippen LogP contribution in [0.25, 0.3) is 0 Å². The van der Waals surface area contributed by atoms with E-state index in [-0.39, 0.29) is 35.3 Å². The third-order valence-corrected chi connectivity index (χ3v) is 6.77. The summed E-state index contributed by atoms with van der Waals surface area (Å²) in [5.74, 6) is -0.118. The fourth-order valence-corrected chi connectivity index (χ4v) is 4.52. The fraction of sp³-hybridized carbons (Fsp3) is 0.588. The number of amides is 1. The third kappa shape index (κ3) is 4.53. The summed E-state index contributed by atoms with van der Waals surface area (Å²) in [5.41, 5.74) is 0.421. The van der Waals surface area contributed by atoms with Gasteiger partial charge in [0.15, 0.2) is 0 Å². The molecule has 1 fully saturated rings. The lowest BCUT2D eigenvalue weighted by molar-refractivity contribution is 0.0602. The van der Waals surface area contributed by atoms with E-state index in [0.717, 1.165) is 6.54 Å². The average Bonchev–Trinajstić information content (AvgIpc) is 2.58. The number of carbonyl (C=O) groups excluding carboxylic acids is 1. The number of hydrogen-bond donors (Lipinski definition) is 1. The first-order chi connectivity index (χ1) is 11.3.